The second-order valence-electron chi connectivity index (χ2n) is 6.29. The SMILES string of the molecule is COc1ccc(Cl)cc1-n1nc(-c2ccc(I)cc2)c2c1NCCCC2. The van der Waals surface area contributed by atoms with Crippen molar-refractivity contribution in [3.63, 3.8) is 0 Å². The molecule has 2 heterocycles. The van der Waals surface area contributed by atoms with Crippen LogP contribution < -0.4 is 10.1 Å². The normalized spacial score (nSPS) is 13.7. The van der Waals surface area contributed by atoms with Crippen LogP contribution in [0.1, 0.15) is 18.4 Å². The van der Waals surface area contributed by atoms with Gasteiger partial charge in [-0.2, -0.15) is 5.10 Å². The molecule has 134 valence electrons. The van der Waals surface area contributed by atoms with Crippen molar-refractivity contribution < 1.29 is 4.74 Å². The van der Waals surface area contributed by atoms with Gasteiger partial charge in [0, 0.05) is 26.3 Å². The summed E-state index contributed by atoms with van der Waals surface area (Å²) in [5.74, 6) is 1.79. The van der Waals surface area contributed by atoms with E-state index >= 15 is 0 Å². The molecule has 1 aromatic heterocycles. The maximum absolute atomic E-state index is 6.26. The van der Waals surface area contributed by atoms with Gasteiger partial charge in [0.2, 0.25) is 0 Å². The summed E-state index contributed by atoms with van der Waals surface area (Å²) >= 11 is 8.59. The zero-order valence-corrected chi connectivity index (χ0v) is 17.3. The fraction of sp³-hybridized carbons (Fsp3) is 0.250. The van der Waals surface area contributed by atoms with Gasteiger partial charge >= 0.3 is 0 Å². The molecule has 0 aliphatic carbocycles. The molecule has 4 nitrogen and oxygen atoms in total. The van der Waals surface area contributed by atoms with Crippen molar-refractivity contribution in [3.8, 4) is 22.7 Å². The quantitative estimate of drug-likeness (QED) is 0.500. The van der Waals surface area contributed by atoms with Crippen molar-refractivity contribution >= 4 is 40.0 Å². The average Bonchev–Trinajstić information content (AvgIpc) is 2.84. The molecule has 0 spiro atoms. The average molecular weight is 480 g/mol. The zero-order chi connectivity index (χ0) is 18.1. The van der Waals surface area contributed by atoms with E-state index in [9.17, 15) is 0 Å². The van der Waals surface area contributed by atoms with E-state index in [2.05, 4.69) is 52.2 Å². The molecule has 0 fully saturated rings. The summed E-state index contributed by atoms with van der Waals surface area (Å²) < 4.78 is 8.72. The highest BCUT2D eigenvalue weighted by Crippen LogP contribution is 2.37. The van der Waals surface area contributed by atoms with E-state index in [0.29, 0.717) is 5.02 Å². The molecule has 3 aromatic rings. The molecule has 1 aliphatic rings. The number of methoxy groups -OCH3 is 1. The summed E-state index contributed by atoms with van der Waals surface area (Å²) in [5.41, 5.74) is 4.26. The van der Waals surface area contributed by atoms with Crippen molar-refractivity contribution in [2.24, 2.45) is 0 Å². The third kappa shape index (κ3) is 3.30. The minimum Gasteiger partial charge on any atom is -0.494 e. The van der Waals surface area contributed by atoms with E-state index in [1.165, 1.54) is 9.13 Å². The van der Waals surface area contributed by atoms with Crippen LogP contribution in [-0.4, -0.2) is 23.4 Å². The Balaban J connectivity index is 1.93. The van der Waals surface area contributed by atoms with E-state index < -0.39 is 0 Å². The molecule has 0 amide bonds. The molecule has 4 rings (SSSR count). The number of nitrogens with one attached hydrogen (secondary N) is 1. The van der Waals surface area contributed by atoms with Crippen LogP contribution >= 0.6 is 34.2 Å². The molecule has 2 aromatic carbocycles. The van der Waals surface area contributed by atoms with Crippen molar-refractivity contribution in [2.75, 3.05) is 19.0 Å². The number of fused-ring (bicyclic) bond motifs is 1. The number of ether oxygens (including phenoxy) is 1. The summed E-state index contributed by atoms with van der Waals surface area (Å²) in [6, 6.07) is 14.1. The molecule has 0 saturated heterocycles. The lowest BCUT2D eigenvalue weighted by Crippen LogP contribution is -2.08. The number of anilines is 1. The Morgan fingerprint density at radius 1 is 1.15 bits per heavy atom. The third-order valence-electron chi connectivity index (χ3n) is 4.62. The van der Waals surface area contributed by atoms with Gasteiger partial charge in [-0.15, -0.1) is 0 Å². The summed E-state index contributed by atoms with van der Waals surface area (Å²) in [6.45, 7) is 0.938. The Bertz CT molecular complexity index is 937. The molecule has 1 N–H and O–H groups in total. The molecule has 0 atom stereocenters. The monoisotopic (exact) mass is 479 g/mol. The van der Waals surface area contributed by atoms with Gasteiger partial charge in [0.15, 0.2) is 0 Å². The summed E-state index contributed by atoms with van der Waals surface area (Å²) in [4.78, 5) is 0. The first-order valence-corrected chi connectivity index (χ1v) is 10.1. The van der Waals surface area contributed by atoms with Gasteiger partial charge < -0.3 is 10.1 Å². The van der Waals surface area contributed by atoms with E-state index in [0.717, 1.165) is 54.3 Å². The van der Waals surface area contributed by atoms with Crippen LogP contribution in [0, 0.1) is 3.57 Å². The zero-order valence-electron chi connectivity index (χ0n) is 14.4. The molecule has 0 saturated carbocycles. The van der Waals surface area contributed by atoms with Crippen molar-refractivity contribution in [3.05, 3.63) is 56.6 Å². The van der Waals surface area contributed by atoms with Crippen molar-refractivity contribution in [2.45, 2.75) is 19.3 Å². The Kier molecular flexibility index (Phi) is 5.09. The van der Waals surface area contributed by atoms with Gasteiger partial charge in [-0.05, 0) is 72.2 Å². The first-order chi connectivity index (χ1) is 12.7. The van der Waals surface area contributed by atoms with Gasteiger partial charge in [0.25, 0.3) is 0 Å². The van der Waals surface area contributed by atoms with E-state index in [-0.39, 0.29) is 0 Å². The van der Waals surface area contributed by atoms with E-state index in [1.54, 1.807) is 7.11 Å². The third-order valence-corrected chi connectivity index (χ3v) is 5.57. The Labute approximate surface area is 171 Å². The standard InChI is InChI=1S/C20H19ClIN3O/c1-26-18-10-7-14(21)12-17(18)25-20-16(4-2-3-11-23-20)19(24-25)13-5-8-15(22)9-6-13/h5-10,12,23H,2-4,11H2,1H3. The number of halogens is 2. The van der Waals surface area contributed by atoms with Crippen LogP contribution in [0.4, 0.5) is 5.82 Å². The lowest BCUT2D eigenvalue weighted by molar-refractivity contribution is 0.412. The highest BCUT2D eigenvalue weighted by atomic mass is 127. The smallest absolute Gasteiger partial charge is 0.144 e. The summed E-state index contributed by atoms with van der Waals surface area (Å²) in [7, 11) is 1.67. The van der Waals surface area contributed by atoms with Crippen LogP contribution in [0.25, 0.3) is 16.9 Å². The van der Waals surface area contributed by atoms with Crippen molar-refractivity contribution in [1.29, 1.82) is 0 Å². The molecular formula is C20H19ClIN3O. The number of rotatable bonds is 3. The van der Waals surface area contributed by atoms with Gasteiger partial charge in [-0.25, -0.2) is 4.68 Å². The molecule has 0 unspecified atom stereocenters. The first kappa shape index (κ1) is 17.7. The first-order valence-electron chi connectivity index (χ1n) is 8.63. The van der Waals surface area contributed by atoms with Crippen molar-refractivity contribution in [1.82, 2.24) is 9.78 Å². The highest BCUT2D eigenvalue weighted by Gasteiger charge is 2.23. The van der Waals surface area contributed by atoms with Gasteiger partial charge in [-0.3, -0.25) is 0 Å². The minimum absolute atomic E-state index is 0.662. The van der Waals surface area contributed by atoms with E-state index in [4.69, 9.17) is 21.4 Å². The molecule has 6 heteroatoms. The number of benzene rings is 2. The van der Waals surface area contributed by atoms with Gasteiger partial charge in [0.05, 0.1) is 12.8 Å². The Hall–Kier alpha value is -1.73. The fourth-order valence-corrected chi connectivity index (χ4v) is 3.87. The van der Waals surface area contributed by atoms with Gasteiger partial charge in [-0.1, -0.05) is 23.7 Å². The van der Waals surface area contributed by atoms with Crippen LogP contribution in [0.2, 0.25) is 5.02 Å². The fourth-order valence-electron chi connectivity index (χ4n) is 3.34. The maximum atomic E-state index is 6.26. The number of hydrogen-bond donors (Lipinski definition) is 1. The molecular weight excluding hydrogens is 461 g/mol. The predicted octanol–water partition coefficient (Wildman–Crippen LogP) is 5.55. The summed E-state index contributed by atoms with van der Waals surface area (Å²) in [5, 5.41) is 9.19. The van der Waals surface area contributed by atoms with Gasteiger partial charge in [0.1, 0.15) is 17.3 Å². The molecule has 0 radical (unpaired) electrons. The minimum atomic E-state index is 0.662. The van der Waals surface area contributed by atoms with Crippen LogP contribution in [-0.2, 0) is 6.42 Å². The largest absolute Gasteiger partial charge is 0.494 e. The molecule has 26 heavy (non-hydrogen) atoms. The van der Waals surface area contributed by atoms with Crippen LogP contribution in [0.3, 0.4) is 0 Å². The second kappa shape index (κ2) is 7.48. The number of nitrogens with zero attached hydrogens (tertiary/aromatic N) is 2. The number of aromatic nitrogens is 2. The Morgan fingerprint density at radius 3 is 2.73 bits per heavy atom. The molecule has 1 aliphatic heterocycles. The highest BCUT2D eigenvalue weighted by molar-refractivity contribution is 14.1. The lowest BCUT2D eigenvalue weighted by Gasteiger charge is -2.13. The maximum Gasteiger partial charge on any atom is 0.144 e. The van der Waals surface area contributed by atoms with Crippen LogP contribution in [0.5, 0.6) is 5.75 Å². The topological polar surface area (TPSA) is 39.1 Å². The van der Waals surface area contributed by atoms with Crippen LogP contribution in [0.15, 0.2) is 42.5 Å². The van der Waals surface area contributed by atoms with E-state index in [1.807, 2.05) is 22.9 Å². The predicted molar refractivity (Wildman–Crippen MR) is 115 cm³/mol. The summed E-state index contributed by atoms with van der Waals surface area (Å²) in [6.07, 6.45) is 3.30. The Morgan fingerprint density at radius 2 is 1.96 bits per heavy atom. The second-order valence-corrected chi connectivity index (χ2v) is 7.98. The molecule has 0 bridgehead atoms. The lowest BCUT2D eigenvalue weighted by atomic mass is 10.0. The number of hydrogen-bond acceptors (Lipinski definition) is 3.